The van der Waals surface area contributed by atoms with E-state index < -0.39 is 0 Å². The summed E-state index contributed by atoms with van der Waals surface area (Å²) in [5, 5.41) is 0. The summed E-state index contributed by atoms with van der Waals surface area (Å²) in [4.78, 5) is 16.6. The van der Waals surface area contributed by atoms with Crippen LogP contribution in [0.4, 0.5) is 0 Å². The van der Waals surface area contributed by atoms with Crippen LogP contribution in [0.1, 0.15) is 39.4 Å². The monoisotopic (exact) mass is 286 g/mol. The number of amides is 1. The molecule has 0 bridgehead atoms. The van der Waals surface area contributed by atoms with Crippen LogP contribution in [-0.4, -0.2) is 29.9 Å². The van der Waals surface area contributed by atoms with Crippen molar-refractivity contribution in [3.8, 4) is 0 Å². The fourth-order valence-corrected chi connectivity index (χ4v) is 4.01. The lowest BCUT2D eigenvalue weighted by Crippen LogP contribution is -2.45. The number of aryl methyl sites for hydroxylation is 2. The molecule has 3 nitrogen and oxygen atoms in total. The first-order valence-corrected chi connectivity index (χ1v) is 7.22. The number of nitrogens with zero attached hydrogens (tertiary/aromatic N) is 1. The Morgan fingerprint density at radius 3 is 2.94 bits per heavy atom. The molecule has 100 valence electrons. The summed E-state index contributed by atoms with van der Waals surface area (Å²) in [6.45, 7) is 1.59. The molecular formula is C13H19ClN2OS. The van der Waals surface area contributed by atoms with Crippen molar-refractivity contribution in [2.75, 3.05) is 13.1 Å². The summed E-state index contributed by atoms with van der Waals surface area (Å²) >= 11 is 1.69. The number of fused-ring (bicyclic) bond motifs is 1. The summed E-state index contributed by atoms with van der Waals surface area (Å²) < 4.78 is 0. The summed E-state index contributed by atoms with van der Waals surface area (Å²) in [7, 11) is 0. The number of thiophene rings is 1. The zero-order valence-electron chi connectivity index (χ0n) is 10.4. The van der Waals surface area contributed by atoms with Crippen LogP contribution in [0.2, 0.25) is 0 Å². The van der Waals surface area contributed by atoms with Gasteiger partial charge in [-0.25, -0.2) is 0 Å². The summed E-state index contributed by atoms with van der Waals surface area (Å²) in [5.41, 5.74) is 7.33. The molecule has 0 saturated carbocycles. The van der Waals surface area contributed by atoms with Crippen molar-refractivity contribution < 1.29 is 4.79 Å². The molecule has 3 rings (SSSR count). The topological polar surface area (TPSA) is 46.3 Å². The molecule has 0 aromatic carbocycles. The first-order valence-electron chi connectivity index (χ1n) is 6.40. The zero-order valence-corrected chi connectivity index (χ0v) is 12.0. The summed E-state index contributed by atoms with van der Waals surface area (Å²) in [6, 6.07) is 2.27. The zero-order chi connectivity index (χ0) is 11.8. The Labute approximate surface area is 118 Å². The molecule has 1 amide bonds. The smallest absolute Gasteiger partial charge is 0.263 e. The Hall–Kier alpha value is -0.580. The molecular weight excluding hydrogens is 268 g/mol. The maximum atomic E-state index is 12.3. The number of carbonyl (C=O) groups is 1. The van der Waals surface area contributed by atoms with Crippen molar-refractivity contribution in [3.63, 3.8) is 0 Å². The van der Waals surface area contributed by atoms with E-state index in [4.69, 9.17) is 5.73 Å². The molecule has 1 fully saturated rings. The predicted molar refractivity (Wildman–Crippen MR) is 76.7 cm³/mol. The van der Waals surface area contributed by atoms with Gasteiger partial charge in [-0.15, -0.1) is 23.7 Å². The molecule has 1 aromatic heterocycles. The number of hydrogen-bond donors (Lipinski definition) is 1. The molecule has 1 aliphatic heterocycles. The van der Waals surface area contributed by atoms with Gasteiger partial charge in [0.1, 0.15) is 0 Å². The fourth-order valence-electron chi connectivity index (χ4n) is 2.78. The standard InChI is InChI=1S/C13H18N2OS.ClH/c14-10-4-2-6-15(8-10)13(16)12-7-9-3-1-5-11(9)17-12;/h7,10H,1-6,8,14H2;1H/t10-;/m1./s1. The van der Waals surface area contributed by atoms with Crippen LogP contribution in [0.3, 0.4) is 0 Å². The van der Waals surface area contributed by atoms with E-state index in [1.807, 2.05) is 4.90 Å². The highest BCUT2D eigenvalue weighted by molar-refractivity contribution is 7.14. The lowest BCUT2D eigenvalue weighted by molar-refractivity contribution is 0.0713. The lowest BCUT2D eigenvalue weighted by Gasteiger charge is -2.30. The molecule has 1 aromatic rings. The maximum absolute atomic E-state index is 12.3. The number of likely N-dealkylation sites (tertiary alicyclic amines) is 1. The Morgan fingerprint density at radius 1 is 1.39 bits per heavy atom. The number of rotatable bonds is 1. The van der Waals surface area contributed by atoms with E-state index in [0.717, 1.165) is 43.6 Å². The Balaban J connectivity index is 0.00000120. The van der Waals surface area contributed by atoms with Crippen molar-refractivity contribution in [2.24, 2.45) is 5.73 Å². The first kappa shape index (κ1) is 13.8. The number of nitrogens with two attached hydrogens (primary N) is 1. The van der Waals surface area contributed by atoms with E-state index in [1.54, 1.807) is 11.3 Å². The molecule has 0 spiro atoms. The Morgan fingerprint density at radius 2 is 2.22 bits per heavy atom. The predicted octanol–water partition coefficient (Wildman–Crippen LogP) is 2.22. The van der Waals surface area contributed by atoms with Crippen molar-refractivity contribution in [3.05, 3.63) is 21.4 Å². The van der Waals surface area contributed by atoms with Gasteiger partial charge in [0.2, 0.25) is 0 Å². The summed E-state index contributed by atoms with van der Waals surface area (Å²) in [5.74, 6) is 0.194. The third-order valence-corrected chi connectivity index (χ3v) is 4.93. The van der Waals surface area contributed by atoms with Crippen LogP contribution in [0.25, 0.3) is 0 Å². The molecule has 5 heteroatoms. The minimum absolute atomic E-state index is 0. The highest BCUT2D eigenvalue weighted by atomic mass is 35.5. The van der Waals surface area contributed by atoms with Crippen LogP contribution < -0.4 is 5.73 Å². The van der Waals surface area contributed by atoms with E-state index in [1.165, 1.54) is 16.9 Å². The first-order chi connectivity index (χ1) is 8.24. The van der Waals surface area contributed by atoms with Crippen LogP contribution in [-0.2, 0) is 12.8 Å². The van der Waals surface area contributed by atoms with Crippen molar-refractivity contribution >= 4 is 29.7 Å². The van der Waals surface area contributed by atoms with Crippen LogP contribution in [0.15, 0.2) is 6.07 Å². The number of piperidine rings is 1. The molecule has 1 aliphatic carbocycles. The van der Waals surface area contributed by atoms with Crippen LogP contribution in [0.5, 0.6) is 0 Å². The SMILES string of the molecule is Cl.N[C@@H]1CCCN(C(=O)c2cc3c(s2)CCC3)C1. The largest absolute Gasteiger partial charge is 0.336 e. The highest BCUT2D eigenvalue weighted by Gasteiger charge is 2.25. The molecule has 1 atom stereocenters. The summed E-state index contributed by atoms with van der Waals surface area (Å²) in [6.07, 6.45) is 5.65. The van der Waals surface area contributed by atoms with Crippen molar-refractivity contribution in [1.82, 2.24) is 4.90 Å². The van der Waals surface area contributed by atoms with Gasteiger partial charge in [-0.2, -0.15) is 0 Å². The third kappa shape index (κ3) is 2.56. The second kappa shape index (κ2) is 5.59. The van der Waals surface area contributed by atoms with E-state index in [0.29, 0.717) is 0 Å². The molecule has 1 saturated heterocycles. The second-order valence-electron chi connectivity index (χ2n) is 5.07. The molecule has 2 aliphatic rings. The van der Waals surface area contributed by atoms with Gasteiger partial charge in [0, 0.05) is 24.0 Å². The average Bonchev–Trinajstić information content (AvgIpc) is 2.88. The van der Waals surface area contributed by atoms with E-state index in [2.05, 4.69) is 6.07 Å². The number of carbonyl (C=O) groups excluding carboxylic acids is 1. The normalized spacial score (nSPS) is 22.5. The molecule has 18 heavy (non-hydrogen) atoms. The van der Waals surface area contributed by atoms with Gasteiger partial charge in [0.25, 0.3) is 5.91 Å². The van der Waals surface area contributed by atoms with Gasteiger partial charge < -0.3 is 10.6 Å². The lowest BCUT2D eigenvalue weighted by atomic mass is 10.1. The minimum Gasteiger partial charge on any atom is -0.336 e. The van der Waals surface area contributed by atoms with Gasteiger partial charge in [-0.1, -0.05) is 0 Å². The molecule has 0 radical (unpaired) electrons. The van der Waals surface area contributed by atoms with Crippen LogP contribution in [0, 0.1) is 0 Å². The highest BCUT2D eigenvalue weighted by Crippen LogP contribution is 2.31. The fraction of sp³-hybridized carbons (Fsp3) is 0.615. The van der Waals surface area contributed by atoms with E-state index >= 15 is 0 Å². The minimum atomic E-state index is 0. The third-order valence-electron chi connectivity index (χ3n) is 3.70. The molecule has 2 N–H and O–H groups in total. The Kier molecular flexibility index (Phi) is 4.30. The van der Waals surface area contributed by atoms with Crippen molar-refractivity contribution in [2.45, 2.75) is 38.1 Å². The maximum Gasteiger partial charge on any atom is 0.263 e. The van der Waals surface area contributed by atoms with Gasteiger partial charge in [0.05, 0.1) is 4.88 Å². The average molecular weight is 287 g/mol. The number of halogens is 1. The van der Waals surface area contributed by atoms with E-state index in [9.17, 15) is 4.79 Å². The van der Waals surface area contributed by atoms with Gasteiger partial charge in [-0.3, -0.25) is 4.79 Å². The van der Waals surface area contributed by atoms with Gasteiger partial charge in [-0.05, 0) is 43.7 Å². The molecule has 0 unspecified atom stereocenters. The number of hydrogen-bond acceptors (Lipinski definition) is 3. The second-order valence-corrected chi connectivity index (χ2v) is 6.20. The van der Waals surface area contributed by atoms with Gasteiger partial charge in [0.15, 0.2) is 0 Å². The van der Waals surface area contributed by atoms with Crippen LogP contribution >= 0.6 is 23.7 Å². The van der Waals surface area contributed by atoms with E-state index in [-0.39, 0.29) is 24.4 Å². The van der Waals surface area contributed by atoms with Crippen molar-refractivity contribution in [1.29, 1.82) is 0 Å². The van der Waals surface area contributed by atoms with Gasteiger partial charge >= 0.3 is 0 Å². The quantitative estimate of drug-likeness (QED) is 0.860. The Bertz CT molecular complexity index is 425. The molecule has 2 heterocycles.